The van der Waals surface area contributed by atoms with E-state index in [4.69, 9.17) is 9.47 Å². The predicted octanol–water partition coefficient (Wildman–Crippen LogP) is 6.24. The average molecular weight is 456 g/mol. The lowest BCUT2D eigenvalue weighted by atomic mass is 10.0. The van der Waals surface area contributed by atoms with Gasteiger partial charge >= 0.3 is 5.97 Å². The molecule has 0 bridgehead atoms. The third-order valence-corrected chi connectivity index (χ3v) is 5.38. The maximum atomic E-state index is 12.5. The van der Waals surface area contributed by atoms with Gasteiger partial charge in [0.15, 0.2) is 11.5 Å². The van der Waals surface area contributed by atoms with Crippen molar-refractivity contribution in [2.24, 2.45) is 0 Å². The zero-order chi connectivity index (χ0) is 24.2. The van der Waals surface area contributed by atoms with Crippen LogP contribution in [0.1, 0.15) is 27.0 Å². The van der Waals surface area contributed by atoms with Gasteiger partial charge in [-0.2, -0.15) is 0 Å². The molecule has 4 rings (SSSR count). The van der Waals surface area contributed by atoms with E-state index in [0.717, 1.165) is 16.7 Å². The number of rotatable bonds is 6. The molecule has 0 aliphatic heterocycles. The van der Waals surface area contributed by atoms with Crippen molar-refractivity contribution in [3.05, 3.63) is 101 Å². The van der Waals surface area contributed by atoms with Gasteiger partial charge in [0.1, 0.15) is 23.7 Å². The first-order valence-electron chi connectivity index (χ1n) is 10.7. The van der Waals surface area contributed by atoms with Gasteiger partial charge in [0.2, 0.25) is 5.75 Å². The van der Waals surface area contributed by atoms with E-state index in [1.165, 1.54) is 6.07 Å². The molecule has 6 nitrogen and oxygen atoms in total. The molecule has 0 amide bonds. The Morgan fingerprint density at radius 2 is 1.53 bits per heavy atom. The molecule has 6 heteroatoms. The Kier molecular flexibility index (Phi) is 6.41. The van der Waals surface area contributed by atoms with E-state index in [2.05, 4.69) is 0 Å². The van der Waals surface area contributed by atoms with Crippen molar-refractivity contribution in [2.45, 2.75) is 20.5 Å². The highest BCUT2D eigenvalue weighted by atomic mass is 16.5. The SMILES string of the molecule is Cc1ccc(O)c(-c2ccc(Oc3c(C)cc(C(=O)OCc4ccccc4)c(O)c3O)cc2)c1. The van der Waals surface area contributed by atoms with Gasteiger partial charge in [-0.15, -0.1) is 0 Å². The van der Waals surface area contributed by atoms with Crippen molar-refractivity contribution < 1.29 is 29.6 Å². The summed E-state index contributed by atoms with van der Waals surface area (Å²) < 4.78 is 11.1. The summed E-state index contributed by atoms with van der Waals surface area (Å²) in [5.41, 5.74) is 3.62. The van der Waals surface area contributed by atoms with Crippen LogP contribution in [0.3, 0.4) is 0 Å². The lowest BCUT2D eigenvalue weighted by Crippen LogP contribution is -2.06. The summed E-state index contributed by atoms with van der Waals surface area (Å²) in [7, 11) is 0. The summed E-state index contributed by atoms with van der Waals surface area (Å²) in [4.78, 5) is 12.5. The number of esters is 1. The molecule has 0 heterocycles. The van der Waals surface area contributed by atoms with Gasteiger partial charge in [0, 0.05) is 5.56 Å². The highest BCUT2D eigenvalue weighted by Gasteiger charge is 2.22. The second-order valence-corrected chi connectivity index (χ2v) is 7.98. The van der Waals surface area contributed by atoms with E-state index in [9.17, 15) is 20.1 Å². The lowest BCUT2D eigenvalue weighted by molar-refractivity contribution is 0.0468. The number of ether oxygens (including phenoxy) is 2. The van der Waals surface area contributed by atoms with Gasteiger partial charge in [-0.25, -0.2) is 4.79 Å². The molecule has 0 radical (unpaired) electrons. The fourth-order valence-electron chi connectivity index (χ4n) is 3.56. The second-order valence-electron chi connectivity index (χ2n) is 7.98. The molecule has 3 N–H and O–H groups in total. The molecule has 34 heavy (non-hydrogen) atoms. The number of carbonyl (C=O) groups excluding carboxylic acids is 1. The minimum Gasteiger partial charge on any atom is -0.507 e. The summed E-state index contributed by atoms with van der Waals surface area (Å²) >= 11 is 0. The van der Waals surface area contributed by atoms with E-state index in [1.807, 2.05) is 49.4 Å². The summed E-state index contributed by atoms with van der Waals surface area (Å²) in [5, 5.41) is 31.1. The van der Waals surface area contributed by atoms with Crippen molar-refractivity contribution in [3.63, 3.8) is 0 Å². The van der Waals surface area contributed by atoms with Crippen molar-refractivity contribution in [1.82, 2.24) is 0 Å². The number of hydrogen-bond acceptors (Lipinski definition) is 6. The average Bonchev–Trinajstić information content (AvgIpc) is 2.85. The maximum absolute atomic E-state index is 12.5. The quantitative estimate of drug-likeness (QED) is 0.235. The largest absolute Gasteiger partial charge is 0.507 e. The molecule has 0 unspecified atom stereocenters. The smallest absolute Gasteiger partial charge is 0.342 e. The van der Waals surface area contributed by atoms with E-state index in [-0.39, 0.29) is 23.7 Å². The van der Waals surface area contributed by atoms with Gasteiger partial charge in [-0.1, -0.05) is 54.1 Å². The molecular weight excluding hydrogens is 432 g/mol. The van der Waals surface area contributed by atoms with E-state index < -0.39 is 17.5 Å². The van der Waals surface area contributed by atoms with Crippen molar-refractivity contribution in [2.75, 3.05) is 0 Å². The number of aryl methyl sites for hydroxylation is 2. The van der Waals surface area contributed by atoms with Crippen LogP contribution in [0.5, 0.6) is 28.7 Å². The Balaban J connectivity index is 1.53. The number of phenolic OH excluding ortho intramolecular Hbond substituents is 3. The van der Waals surface area contributed by atoms with Gasteiger partial charge in [0.25, 0.3) is 0 Å². The van der Waals surface area contributed by atoms with E-state index >= 15 is 0 Å². The van der Waals surface area contributed by atoms with Gasteiger partial charge in [-0.3, -0.25) is 0 Å². The lowest BCUT2D eigenvalue weighted by Gasteiger charge is -2.15. The molecule has 4 aromatic carbocycles. The van der Waals surface area contributed by atoms with E-state index in [1.54, 1.807) is 37.3 Å². The molecule has 0 atom stereocenters. The number of hydrogen-bond donors (Lipinski definition) is 3. The zero-order valence-corrected chi connectivity index (χ0v) is 18.8. The van der Waals surface area contributed by atoms with Crippen LogP contribution < -0.4 is 4.74 Å². The third kappa shape index (κ3) is 4.81. The van der Waals surface area contributed by atoms with Crippen LogP contribution in [0.25, 0.3) is 11.1 Å². The number of carbonyl (C=O) groups is 1. The monoisotopic (exact) mass is 456 g/mol. The summed E-state index contributed by atoms with van der Waals surface area (Å²) in [6.45, 7) is 3.64. The summed E-state index contributed by atoms with van der Waals surface area (Å²) in [5.74, 6) is -1.30. The molecule has 0 fully saturated rings. The van der Waals surface area contributed by atoms with Crippen LogP contribution in [0.15, 0.2) is 78.9 Å². The third-order valence-electron chi connectivity index (χ3n) is 5.38. The number of aromatic hydroxyl groups is 3. The second kappa shape index (κ2) is 9.58. The van der Waals surface area contributed by atoms with Crippen LogP contribution in [-0.2, 0) is 11.3 Å². The standard InChI is InChI=1S/C28H24O6/c1-17-8-13-24(29)22(14-17)20-9-11-21(12-10-20)34-27-18(2)15-23(25(30)26(27)31)28(32)33-16-19-6-4-3-5-7-19/h3-15,29-31H,16H2,1-2H3. The van der Waals surface area contributed by atoms with E-state index in [0.29, 0.717) is 16.9 Å². The molecule has 0 aromatic heterocycles. The molecular formula is C28H24O6. The Morgan fingerprint density at radius 1 is 0.824 bits per heavy atom. The number of benzene rings is 4. The fraction of sp³-hybridized carbons (Fsp3) is 0.107. The van der Waals surface area contributed by atoms with Crippen LogP contribution in [0.4, 0.5) is 0 Å². The molecule has 0 saturated carbocycles. The fourth-order valence-corrected chi connectivity index (χ4v) is 3.56. The Labute approximate surface area is 197 Å². The maximum Gasteiger partial charge on any atom is 0.342 e. The molecule has 0 aliphatic carbocycles. The molecule has 4 aromatic rings. The number of phenols is 3. The van der Waals surface area contributed by atoms with Crippen LogP contribution in [0.2, 0.25) is 0 Å². The summed E-state index contributed by atoms with van der Waals surface area (Å²) in [6.07, 6.45) is 0. The van der Waals surface area contributed by atoms with Gasteiger partial charge in [-0.05, 0) is 60.9 Å². The normalized spacial score (nSPS) is 10.6. The van der Waals surface area contributed by atoms with Crippen molar-refractivity contribution in [1.29, 1.82) is 0 Å². The highest BCUT2D eigenvalue weighted by Crippen LogP contribution is 2.43. The molecule has 172 valence electrons. The predicted molar refractivity (Wildman–Crippen MR) is 128 cm³/mol. The van der Waals surface area contributed by atoms with Crippen LogP contribution >= 0.6 is 0 Å². The van der Waals surface area contributed by atoms with Gasteiger partial charge in [0.05, 0.1) is 0 Å². The van der Waals surface area contributed by atoms with Crippen molar-refractivity contribution in [3.8, 4) is 39.9 Å². The van der Waals surface area contributed by atoms with Crippen molar-refractivity contribution >= 4 is 5.97 Å². The summed E-state index contributed by atoms with van der Waals surface area (Å²) in [6, 6.07) is 22.9. The first-order valence-corrected chi connectivity index (χ1v) is 10.7. The first kappa shape index (κ1) is 22.7. The molecule has 0 saturated heterocycles. The minimum absolute atomic E-state index is 0.0308. The van der Waals surface area contributed by atoms with Gasteiger partial charge < -0.3 is 24.8 Å². The first-order chi connectivity index (χ1) is 16.3. The molecule has 0 aliphatic rings. The zero-order valence-electron chi connectivity index (χ0n) is 18.8. The van der Waals surface area contributed by atoms with Crippen LogP contribution in [0, 0.1) is 13.8 Å². The van der Waals surface area contributed by atoms with Crippen LogP contribution in [-0.4, -0.2) is 21.3 Å². The molecule has 0 spiro atoms. The highest BCUT2D eigenvalue weighted by molar-refractivity contribution is 5.94. The Bertz CT molecular complexity index is 1330. The Morgan fingerprint density at radius 3 is 2.24 bits per heavy atom. The Hall–Kier alpha value is -4.45. The minimum atomic E-state index is -0.756. The topological polar surface area (TPSA) is 96.2 Å².